The maximum Gasteiger partial charge on any atom is 0.417 e. The van der Waals surface area contributed by atoms with E-state index in [-0.39, 0.29) is 34.6 Å². The third kappa shape index (κ3) is 27.8. The van der Waals surface area contributed by atoms with E-state index in [0.29, 0.717) is 32.9 Å². The van der Waals surface area contributed by atoms with Crippen LogP contribution >= 0.6 is 11.3 Å². The molecule has 64 heavy (non-hydrogen) atoms. The van der Waals surface area contributed by atoms with Gasteiger partial charge in [-0.05, 0) is 53.9 Å². The lowest BCUT2D eigenvalue weighted by atomic mass is 10.1. The topological polar surface area (TPSA) is 183 Å². The zero-order valence-corrected chi connectivity index (χ0v) is 42.2. The number of aromatic nitrogens is 1. The van der Waals surface area contributed by atoms with Crippen molar-refractivity contribution >= 4 is 49.5 Å². The molecule has 11 nitrogen and oxygen atoms in total. The summed E-state index contributed by atoms with van der Waals surface area (Å²) >= 11 is 0.984. The van der Waals surface area contributed by atoms with E-state index in [0.717, 1.165) is 27.7 Å². The number of phenols is 4. The molecule has 0 unspecified atom stereocenters. The lowest BCUT2D eigenvalue weighted by Crippen LogP contribution is -1.99. The van der Waals surface area contributed by atoms with Crippen molar-refractivity contribution in [1.29, 1.82) is 0 Å². The number of aromatic amines is 1. The number of esters is 1. The number of fused-ring (bicyclic) bond motifs is 4. The number of nitrogens with one attached hydrogen (secondary N) is 1. The molecule has 0 aliphatic carbocycles. The number of carbonyl (C=O) groups excluding carboxylic acids is 1. The first-order valence-corrected chi connectivity index (χ1v) is 23.4. The molecule has 5 N–H and O–H groups in total. The van der Waals surface area contributed by atoms with Gasteiger partial charge in [0.2, 0.25) is 0 Å². The predicted molar refractivity (Wildman–Crippen MR) is 273 cm³/mol. The van der Waals surface area contributed by atoms with Crippen LogP contribution < -0.4 is 15.4 Å². The second kappa shape index (κ2) is 42.3. The SMILES string of the molecule is CC.CC.CC.CC.CCC.CCC.CCC.CCC.O=C1Cc2cc(O)ccc2O1.O=c1[nH]c2cc(O)ccc2o1.O=c1oc2ccc(O)cc2s1.Oc1cccc2ccccc12. The molecule has 1 aliphatic rings. The lowest BCUT2D eigenvalue weighted by molar-refractivity contribution is -0.131. The van der Waals surface area contributed by atoms with E-state index in [9.17, 15) is 19.5 Å². The Hall–Kier alpha value is -6.01. The van der Waals surface area contributed by atoms with Gasteiger partial charge >= 0.3 is 16.7 Å². The molecule has 358 valence electrons. The molecule has 8 rings (SSSR count). The summed E-state index contributed by atoms with van der Waals surface area (Å²) in [4.78, 5) is 34.0. The maximum atomic E-state index is 10.7. The van der Waals surface area contributed by atoms with Crippen LogP contribution in [0.1, 0.15) is 142 Å². The van der Waals surface area contributed by atoms with E-state index in [1.54, 1.807) is 24.3 Å². The first-order chi connectivity index (χ1) is 30.8. The summed E-state index contributed by atoms with van der Waals surface area (Å²) in [7, 11) is 0. The molecule has 0 amide bonds. The van der Waals surface area contributed by atoms with Crippen molar-refractivity contribution in [2.45, 2.75) is 143 Å². The highest BCUT2D eigenvalue weighted by atomic mass is 32.1. The van der Waals surface area contributed by atoms with Crippen LogP contribution in [0.15, 0.2) is 115 Å². The van der Waals surface area contributed by atoms with Crippen molar-refractivity contribution < 1.29 is 38.8 Å². The minimum absolute atomic E-state index is 0.106. The molecule has 5 aromatic carbocycles. The van der Waals surface area contributed by atoms with Gasteiger partial charge in [0.25, 0.3) is 0 Å². The molecule has 7 aromatic rings. The number of hydrogen-bond acceptors (Lipinski definition) is 11. The molecule has 0 spiro atoms. The van der Waals surface area contributed by atoms with E-state index in [2.05, 4.69) is 60.4 Å². The van der Waals surface area contributed by atoms with Gasteiger partial charge in [-0.2, -0.15) is 0 Å². The Kier molecular flexibility index (Phi) is 42.7. The van der Waals surface area contributed by atoms with E-state index in [4.69, 9.17) is 28.9 Å². The quantitative estimate of drug-likeness (QED) is 0.0725. The van der Waals surface area contributed by atoms with Crippen LogP contribution in [0.3, 0.4) is 0 Å². The summed E-state index contributed by atoms with van der Waals surface area (Å²) in [5.74, 6) is 0.568. The van der Waals surface area contributed by atoms with Crippen molar-refractivity contribution in [3.63, 3.8) is 0 Å². The van der Waals surface area contributed by atoms with Gasteiger partial charge in [0.1, 0.15) is 34.3 Å². The second-order valence-corrected chi connectivity index (χ2v) is 13.0. The molecule has 12 heteroatoms. The van der Waals surface area contributed by atoms with Gasteiger partial charge in [0, 0.05) is 23.1 Å². The fraction of sp³-hybridized carbons (Fsp3) is 0.404. The number of benzene rings is 5. The van der Waals surface area contributed by atoms with Crippen LogP contribution in [0, 0.1) is 0 Å². The molecule has 3 heterocycles. The molecular formula is C52H79NO10S. The number of rotatable bonds is 0. The Morgan fingerprint density at radius 2 is 1.02 bits per heavy atom. The average Bonchev–Trinajstić information content (AvgIpc) is 3.98. The normalized spacial score (nSPS) is 9.34. The van der Waals surface area contributed by atoms with Gasteiger partial charge in [0.15, 0.2) is 5.58 Å². The van der Waals surface area contributed by atoms with Crippen LogP contribution in [-0.4, -0.2) is 31.4 Å². The predicted octanol–water partition coefficient (Wildman–Crippen LogP) is 15.6. The van der Waals surface area contributed by atoms with Crippen LogP contribution in [0.25, 0.3) is 32.2 Å². The highest BCUT2D eigenvalue weighted by Crippen LogP contribution is 2.29. The smallest absolute Gasteiger partial charge is 0.417 e. The van der Waals surface area contributed by atoms with Crippen molar-refractivity contribution in [2.24, 2.45) is 0 Å². The molecule has 1 aliphatic heterocycles. The number of oxazole rings is 1. The number of ether oxygens (including phenoxy) is 1. The average molecular weight is 910 g/mol. The first kappa shape index (κ1) is 64.6. The zero-order chi connectivity index (χ0) is 50.0. The standard InChI is InChI=1S/C10H8O.C8H6O3.C7H5NO3.C7H4O3S.4C3H8.4C2H6/c11-10-7-3-5-8-4-1-2-6-9(8)10;9-6-1-2-7-5(3-6)4-8(10)11-7;9-4-1-2-6-5(3-4)8-7(10)11-6;8-4-1-2-5-6(3-4)11-7(9)10-5;4*1-3-2;4*1-2/h1-7,11H;1-3,9H,4H2;1-3,9H,(H,8,10);1-3,8H;4*3H2,1-2H3;4*1-2H3. The molecular weight excluding hydrogens is 831 g/mol. The third-order valence-corrected chi connectivity index (χ3v) is 6.87. The molecule has 0 bridgehead atoms. The maximum absolute atomic E-state index is 10.7. The number of phenolic OH excluding ortho intramolecular Hbond substituents is 4. The molecule has 0 radical (unpaired) electrons. The van der Waals surface area contributed by atoms with E-state index in [1.807, 2.05) is 91.8 Å². The van der Waals surface area contributed by atoms with Crippen molar-refractivity contribution in [3.8, 4) is 28.7 Å². The van der Waals surface area contributed by atoms with Gasteiger partial charge in [-0.1, -0.05) is 184 Å². The van der Waals surface area contributed by atoms with Crippen molar-refractivity contribution in [3.05, 3.63) is 123 Å². The zero-order valence-electron chi connectivity index (χ0n) is 41.4. The fourth-order valence-electron chi connectivity index (χ4n) is 4.13. The van der Waals surface area contributed by atoms with Crippen molar-refractivity contribution in [2.75, 3.05) is 0 Å². The van der Waals surface area contributed by atoms with Crippen LogP contribution in [0.2, 0.25) is 0 Å². The molecule has 0 atom stereocenters. The number of H-pyrrole nitrogens is 1. The number of hydrogen-bond donors (Lipinski definition) is 5. The summed E-state index contributed by atoms with van der Waals surface area (Å²) in [6.45, 7) is 33.0. The number of aromatic hydroxyl groups is 4. The molecule has 0 fully saturated rings. The summed E-state index contributed by atoms with van der Waals surface area (Å²) in [6, 6.07) is 26.9. The molecule has 2 aromatic heterocycles. The molecule has 0 saturated heterocycles. The molecule has 0 saturated carbocycles. The second-order valence-electron chi connectivity index (χ2n) is 12.0. The largest absolute Gasteiger partial charge is 0.508 e. The van der Waals surface area contributed by atoms with Crippen molar-refractivity contribution in [1.82, 2.24) is 4.98 Å². The van der Waals surface area contributed by atoms with Crippen LogP contribution in [0.5, 0.6) is 28.7 Å². The first-order valence-electron chi connectivity index (χ1n) is 22.5. The van der Waals surface area contributed by atoms with Crippen LogP contribution in [0.4, 0.5) is 0 Å². The summed E-state index contributed by atoms with van der Waals surface area (Å²) < 4.78 is 15.0. The van der Waals surface area contributed by atoms with E-state index < -0.39 is 5.76 Å². The summed E-state index contributed by atoms with van der Waals surface area (Å²) in [6.07, 6.45) is 5.27. The van der Waals surface area contributed by atoms with Gasteiger partial charge < -0.3 is 34.0 Å². The Balaban J connectivity index is -0.000000330. The highest BCUT2D eigenvalue weighted by Gasteiger charge is 2.19. The van der Waals surface area contributed by atoms with Gasteiger partial charge in [-0.15, -0.1) is 0 Å². The third-order valence-electron chi connectivity index (χ3n) is 6.09. The lowest BCUT2D eigenvalue weighted by Gasteiger charge is -1.97. The van der Waals surface area contributed by atoms with Gasteiger partial charge in [-0.25, -0.2) is 9.59 Å². The Labute approximate surface area is 386 Å². The van der Waals surface area contributed by atoms with E-state index in [1.165, 1.54) is 62.1 Å². The van der Waals surface area contributed by atoms with Gasteiger partial charge in [0.05, 0.1) is 16.6 Å². The Morgan fingerprint density at radius 1 is 0.547 bits per heavy atom. The number of carbonyl (C=O) groups is 1. The van der Waals surface area contributed by atoms with Gasteiger partial charge in [-0.3, -0.25) is 9.78 Å². The minimum atomic E-state index is -0.509. The fourth-order valence-corrected chi connectivity index (χ4v) is 4.83. The van der Waals surface area contributed by atoms with E-state index >= 15 is 0 Å². The Morgan fingerprint density at radius 3 is 1.56 bits per heavy atom. The summed E-state index contributed by atoms with van der Waals surface area (Å²) in [5, 5.41) is 38.4. The monoisotopic (exact) mass is 910 g/mol. The Bertz CT molecular complexity index is 2190. The summed E-state index contributed by atoms with van der Waals surface area (Å²) in [5.41, 5.74) is 2.25. The minimum Gasteiger partial charge on any atom is -0.508 e. The highest BCUT2D eigenvalue weighted by molar-refractivity contribution is 7.16. The van der Waals surface area contributed by atoms with Crippen LogP contribution in [-0.2, 0) is 11.2 Å².